The van der Waals surface area contributed by atoms with E-state index in [1.54, 1.807) is 86.6 Å². The molecule has 2 N–H and O–H groups in total. The number of benzene rings is 5. The summed E-state index contributed by atoms with van der Waals surface area (Å²) in [6.07, 6.45) is 0.0266. The largest absolute Gasteiger partial charge is 0.485 e. The first kappa shape index (κ1) is 45.2. The Morgan fingerprint density at radius 3 is 1.71 bits per heavy atom. The first-order chi connectivity index (χ1) is 34.6. The van der Waals surface area contributed by atoms with Crippen LogP contribution >= 0.6 is 0 Å². The van der Waals surface area contributed by atoms with Gasteiger partial charge in [-0.25, -0.2) is 0 Å². The Kier molecular flexibility index (Phi) is 10.7. The van der Waals surface area contributed by atoms with E-state index < -0.39 is 41.0 Å². The number of rotatable bonds is 6. The predicted octanol–water partition coefficient (Wildman–Crippen LogP) is 9.45. The Balaban J connectivity index is 0.805. The monoisotopic (exact) mass is 951 g/mol. The van der Waals surface area contributed by atoms with Gasteiger partial charge in [0.05, 0.1) is 29.8 Å². The SMILES string of the molecule is CC1(C)CC(Nc2cccc(C#Cc3ccc4c(c3)C(=O)C3=C(OC(C)(C)C3Nc3cccc(C#Cc5ccc6c(c5)C(=O)C5=C(CC(CN=[N+]=[N-])O5)C6=O)c3)C4=O)c2)C2=C(O1)C(=O)c1ccccc1C2=O. The summed E-state index contributed by atoms with van der Waals surface area (Å²) >= 11 is 0. The molecule has 5 aromatic rings. The lowest BCUT2D eigenvalue weighted by atomic mass is 9.79. The molecule has 0 saturated heterocycles. The van der Waals surface area contributed by atoms with Crippen molar-refractivity contribution in [1.82, 2.24) is 0 Å². The zero-order valence-corrected chi connectivity index (χ0v) is 39.3. The first-order valence-corrected chi connectivity index (χ1v) is 23.3. The Hall–Kier alpha value is -9.23. The summed E-state index contributed by atoms with van der Waals surface area (Å²) in [6, 6.07) is 29.9. The van der Waals surface area contributed by atoms with Gasteiger partial charge in [0.15, 0.2) is 34.6 Å². The number of anilines is 2. The zero-order chi connectivity index (χ0) is 50.2. The summed E-state index contributed by atoms with van der Waals surface area (Å²) in [7, 11) is 0. The molecule has 3 aliphatic carbocycles. The molecule has 0 bridgehead atoms. The van der Waals surface area contributed by atoms with Gasteiger partial charge in [-0.3, -0.25) is 28.8 Å². The minimum absolute atomic E-state index is 0.00132. The van der Waals surface area contributed by atoms with Crippen LogP contribution in [0, 0.1) is 23.7 Å². The quantitative estimate of drug-likeness (QED) is 0.0710. The number of nitrogens with one attached hydrogen (secondary N) is 2. The van der Waals surface area contributed by atoms with Gasteiger partial charge in [0.25, 0.3) is 0 Å². The van der Waals surface area contributed by atoms with Gasteiger partial charge in [-0.05, 0) is 106 Å². The average Bonchev–Trinajstić information content (AvgIpc) is 3.92. The van der Waals surface area contributed by atoms with Gasteiger partial charge < -0.3 is 24.8 Å². The number of hydrogen-bond acceptors (Lipinski definition) is 12. The van der Waals surface area contributed by atoms with Crippen LogP contribution in [0.15, 0.2) is 148 Å². The third kappa shape index (κ3) is 7.81. The minimum Gasteiger partial charge on any atom is -0.485 e. The van der Waals surface area contributed by atoms with E-state index in [0.717, 1.165) is 0 Å². The van der Waals surface area contributed by atoms with Crippen molar-refractivity contribution in [3.63, 3.8) is 0 Å². The van der Waals surface area contributed by atoms with Crippen LogP contribution < -0.4 is 10.6 Å². The standard InChI is InChI=1S/C58H41N5O9/c1-57(2)28-44(45-48(65)37-13-5-6-14-38(37)50(67)54(45)71-57)61-34-11-7-9-30(23-34)15-17-32-20-22-40-41(25-32)49(66)46-55(51(40)68)72-58(3,4)56(46)62-35-12-8-10-31(24-35)16-18-33-19-21-39-42(26-33)52(69)53-43(47(39)64)27-36(70-53)29-60-63-59/h5-14,19-26,36,44,56,61-62H,27-29H2,1-4H3. The highest BCUT2D eigenvalue weighted by Crippen LogP contribution is 2.44. The van der Waals surface area contributed by atoms with Gasteiger partial charge in [0.1, 0.15) is 17.3 Å². The Bertz CT molecular complexity index is 3660. The van der Waals surface area contributed by atoms with E-state index in [1.165, 1.54) is 0 Å². The van der Waals surface area contributed by atoms with Crippen LogP contribution in [0.4, 0.5) is 11.4 Å². The van der Waals surface area contributed by atoms with Crippen molar-refractivity contribution in [2.75, 3.05) is 17.2 Å². The molecule has 5 aromatic carbocycles. The molecule has 0 amide bonds. The smallest absolute Gasteiger partial charge is 0.228 e. The molecule has 3 atom stereocenters. The summed E-state index contributed by atoms with van der Waals surface area (Å²) in [5.74, 6) is 10.5. The highest BCUT2D eigenvalue weighted by Gasteiger charge is 2.51. The Morgan fingerprint density at radius 1 is 0.569 bits per heavy atom. The fourth-order valence-electron chi connectivity index (χ4n) is 10.1. The maximum Gasteiger partial charge on any atom is 0.228 e. The zero-order valence-electron chi connectivity index (χ0n) is 39.3. The van der Waals surface area contributed by atoms with Crippen LogP contribution in [0.2, 0.25) is 0 Å². The molecule has 3 aliphatic heterocycles. The highest BCUT2D eigenvalue weighted by molar-refractivity contribution is 6.29. The van der Waals surface area contributed by atoms with E-state index in [-0.39, 0.29) is 86.8 Å². The first-order valence-electron chi connectivity index (χ1n) is 23.3. The molecule has 6 aliphatic rings. The van der Waals surface area contributed by atoms with Crippen LogP contribution in [0.3, 0.4) is 0 Å². The lowest BCUT2D eigenvalue weighted by Crippen LogP contribution is -2.45. The van der Waals surface area contributed by atoms with E-state index in [9.17, 15) is 28.8 Å². The molecular weight excluding hydrogens is 911 g/mol. The molecule has 352 valence electrons. The summed E-state index contributed by atoms with van der Waals surface area (Å²) < 4.78 is 18.1. The van der Waals surface area contributed by atoms with Gasteiger partial charge in [0, 0.05) is 90.3 Å². The van der Waals surface area contributed by atoms with Crippen LogP contribution in [-0.4, -0.2) is 70.6 Å². The average molecular weight is 952 g/mol. The summed E-state index contributed by atoms with van der Waals surface area (Å²) in [5, 5.41) is 10.4. The number of azide groups is 1. The molecule has 3 heterocycles. The second kappa shape index (κ2) is 17.0. The number of carbonyl (C=O) groups excluding carboxylic acids is 6. The van der Waals surface area contributed by atoms with Crippen molar-refractivity contribution >= 4 is 46.1 Å². The van der Waals surface area contributed by atoms with Crippen LogP contribution in [0.1, 0.15) is 125 Å². The number of ether oxygens (including phenoxy) is 3. The topological polar surface area (TPSA) is 203 Å². The molecule has 14 heteroatoms. The number of allylic oxidation sites excluding steroid dienone is 3. The Labute approximate surface area is 412 Å². The molecule has 0 spiro atoms. The van der Waals surface area contributed by atoms with E-state index in [2.05, 4.69) is 44.3 Å². The molecule has 0 fully saturated rings. The van der Waals surface area contributed by atoms with E-state index in [0.29, 0.717) is 56.7 Å². The van der Waals surface area contributed by atoms with Crippen LogP contribution in [-0.2, 0) is 14.2 Å². The van der Waals surface area contributed by atoms with Crippen LogP contribution in [0.25, 0.3) is 10.4 Å². The number of hydrogen-bond donors (Lipinski definition) is 2. The van der Waals surface area contributed by atoms with Gasteiger partial charge in [-0.15, -0.1) is 0 Å². The number of fused-ring (bicyclic) bond motifs is 3. The molecule has 0 aromatic heterocycles. The lowest BCUT2D eigenvalue weighted by Gasteiger charge is -2.40. The number of ketones is 6. The van der Waals surface area contributed by atoms with Crippen molar-refractivity contribution in [3.8, 4) is 23.7 Å². The molecule has 14 nitrogen and oxygen atoms in total. The minimum atomic E-state index is -1.02. The number of carbonyl (C=O) groups is 6. The maximum absolute atomic E-state index is 14.5. The lowest BCUT2D eigenvalue weighted by molar-refractivity contribution is 0.00749. The van der Waals surface area contributed by atoms with Gasteiger partial charge in [0.2, 0.25) is 17.3 Å². The fourth-order valence-corrected chi connectivity index (χ4v) is 10.1. The van der Waals surface area contributed by atoms with E-state index in [1.807, 2.05) is 50.2 Å². The summed E-state index contributed by atoms with van der Waals surface area (Å²) in [4.78, 5) is 85.3. The summed E-state index contributed by atoms with van der Waals surface area (Å²) in [5.41, 5.74) is 12.8. The Morgan fingerprint density at radius 2 is 1.08 bits per heavy atom. The fraction of sp³-hybridized carbons (Fsp3) is 0.207. The molecule has 0 radical (unpaired) electrons. The second-order valence-electron chi connectivity index (χ2n) is 19.4. The summed E-state index contributed by atoms with van der Waals surface area (Å²) in [6.45, 7) is 7.38. The second-order valence-corrected chi connectivity index (χ2v) is 19.4. The normalized spacial score (nSPS) is 20.6. The van der Waals surface area contributed by atoms with Crippen molar-refractivity contribution in [2.45, 2.75) is 69.9 Å². The molecule has 3 unspecified atom stereocenters. The predicted molar refractivity (Wildman–Crippen MR) is 265 cm³/mol. The van der Waals surface area contributed by atoms with Crippen molar-refractivity contribution in [2.24, 2.45) is 5.11 Å². The third-order valence-corrected chi connectivity index (χ3v) is 13.5. The van der Waals surface area contributed by atoms with Gasteiger partial charge in [-0.2, -0.15) is 0 Å². The van der Waals surface area contributed by atoms with Crippen LogP contribution in [0.5, 0.6) is 0 Å². The molecule has 72 heavy (non-hydrogen) atoms. The molecule has 11 rings (SSSR count). The number of nitrogens with zero attached hydrogens (tertiary/aromatic N) is 3. The van der Waals surface area contributed by atoms with Crippen molar-refractivity contribution in [3.05, 3.63) is 209 Å². The molecule has 0 saturated carbocycles. The maximum atomic E-state index is 14.5. The van der Waals surface area contributed by atoms with Crippen molar-refractivity contribution in [1.29, 1.82) is 0 Å². The van der Waals surface area contributed by atoms with E-state index >= 15 is 0 Å². The van der Waals surface area contributed by atoms with Gasteiger partial charge in [-0.1, -0.05) is 65.2 Å². The molecular formula is C58H41N5O9. The van der Waals surface area contributed by atoms with Gasteiger partial charge >= 0.3 is 0 Å². The number of Topliss-reactive ketones (excluding diaryl/α,β-unsaturated/α-hetero) is 6. The third-order valence-electron chi connectivity index (χ3n) is 13.5. The van der Waals surface area contributed by atoms with Crippen molar-refractivity contribution < 1.29 is 43.0 Å². The van der Waals surface area contributed by atoms with E-state index in [4.69, 9.17) is 19.7 Å². The highest BCUT2D eigenvalue weighted by atomic mass is 16.5.